The highest BCUT2D eigenvalue weighted by Gasteiger charge is 2.32. The minimum absolute atomic E-state index is 0.0793. The van der Waals surface area contributed by atoms with Gasteiger partial charge in [-0.25, -0.2) is 0 Å². The van der Waals surface area contributed by atoms with Crippen LogP contribution in [0.4, 0.5) is 0 Å². The fourth-order valence-electron chi connectivity index (χ4n) is 3.04. The summed E-state index contributed by atoms with van der Waals surface area (Å²) >= 11 is 0. The van der Waals surface area contributed by atoms with E-state index < -0.39 is 0 Å². The van der Waals surface area contributed by atoms with Crippen LogP contribution in [0, 0.1) is 0 Å². The van der Waals surface area contributed by atoms with Gasteiger partial charge in [0, 0.05) is 17.6 Å². The van der Waals surface area contributed by atoms with Gasteiger partial charge in [-0.2, -0.15) is 0 Å². The first-order chi connectivity index (χ1) is 8.63. The van der Waals surface area contributed by atoms with E-state index >= 15 is 0 Å². The molecule has 0 aromatic rings. The van der Waals surface area contributed by atoms with Crippen molar-refractivity contribution in [3.05, 3.63) is 0 Å². The van der Waals surface area contributed by atoms with Crippen LogP contribution in [0.5, 0.6) is 0 Å². The maximum atomic E-state index is 9.60. The predicted molar refractivity (Wildman–Crippen MR) is 75.8 cm³/mol. The summed E-state index contributed by atoms with van der Waals surface area (Å²) in [6, 6.07) is 1.45. The quantitative estimate of drug-likeness (QED) is 0.731. The Labute approximate surface area is 112 Å². The smallest absolute Gasteiger partial charge is 0.0611 e. The molecular formula is C15H30N2O. The molecule has 0 aliphatic heterocycles. The SMILES string of the molecule is CN(CCC(C)(CO)NC1CC1)C1CCCCC1. The molecule has 1 unspecified atom stereocenters. The molecule has 2 rings (SSSR count). The van der Waals surface area contributed by atoms with E-state index in [0.29, 0.717) is 6.04 Å². The van der Waals surface area contributed by atoms with Crippen LogP contribution < -0.4 is 5.32 Å². The first-order valence-corrected chi connectivity index (χ1v) is 7.72. The second-order valence-corrected chi connectivity index (χ2v) is 6.66. The van der Waals surface area contributed by atoms with Crippen molar-refractivity contribution < 1.29 is 5.11 Å². The van der Waals surface area contributed by atoms with Gasteiger partial charge in [0.05, 0.1) is 6.61 Å². The highest BCUT2D eigenvalue weighted by Crippen LogP contribution is 2.25. The fraction of sp³-hybridized carbons (Fsp3) is 1.00. The summed E-state index contributed by atoms with van der Waals surface area (Å²) < 4.78 is 0. The van der Waals surface area contributed by atoms with Gasteiger partial charge in [0.1, 0.15) is 0 Å². The molecule has 2 aliphatic rings. The normalized spacial score (nSPS) is 25.3. The molecule has 0 saturated heterocycles. The lowest BCUT2D eigenvalue weighted by Crippen LogP contribution is -2.49. The van der Waals surface area contributed by atoms with Crippen molar-refractivity contribution in [2.75, 3.05) is 20.2 Å². The van der Waals surface area contributed by atoms with Crippen LogP contribution in [0.15, 0.2) is 0 Å². The number of aliphatic hydroxyl groups excluding tert-OH is 1. The lowest BCUT2D eigenvalue weighted by Gasteiger charge is -2.35. The van der Waals surface area contributed by atoms with E-state index in [1.807, 2.05) is 0 Å². The third-order valence-electron chi connectivity index (χ3n) is 4.69. The molecule has 0 spiro atoms. The van der Waals surface area contributed by atoms with Gasteiger partial charge >= 0.3 is 0 Å². The molecule has 1 atom stereocenters. The van der Waals surface area contributed by atoms with Crippen LogP contribution in [-0.2, 0) is 0 Å². The molecule has 2 aliphatic carbocycles. The zero-order valence-corrected chi connectivity index (χ0v) is 12.1. The molecule has 3 nitrogen and oxygen atoms in total. The van der Waals surface area contributed by atoms with Gasteiger partial charge in [-0.15, -0.1) is 0 Å². The first kappa shape index (κ1) is 14.3. The van der Waals surface area contributed by atoms with Crippen LogP contribution in [0.2, 0.25) is 0 Å². The van der Waals surface area contributed by atoms with Crippen LogP contribution in [0.25, 0.3) is 0 Å². The average Bonchev–Trinajstić information content (AvgIpc) is 3.21. The van der Waals surface area contributed by atoms with Crippen molar-refractivity contribution >= 4 is 0 Å². The number of nitrogens with one attached hydrogen (secondary N) is 1. The van der Waals surface area contributed by atoms with E-state index in [0.717, 1.165) is 19.0 Å². The standard InChI is InChI=1S/C15H30N2O/c1-15(12-18,16-13-8-9-13)10-11-17(2)14-6-4-3-5-7-14/h13-14,16,18H,3-12H2,1-2H3. The Morgan fingerprint density at radius 2 is 1.83 bits per heavy atom. The largest absolute Gasteiger partial charge is 0.394 e. The maximum absolute atomic E-state index is 9.60. The van der Waals surface area contributed by atoms with Crippen molar-refractivity contribution in [3.63, 3.8) is 0 Å². The van der Waals surface area contributed by atoms with E-state index in [-0.39, 0.29) is 12.1 Å². The predicted octanol–water partition coefficient (Wildman–Crippen LogP) is 2.14. The summed E-state index contributed by atoms with van der Waals surface area (Å²) in [5.74, 6) is 0. The van der Waals surface area contributed by atoms with Crippen LogP contribution in [0.1, 0.15) is 58.3 Å². The molecule has 2 N–H and O–H groups in total. The highest BCUT2D eigenvalue weighted by atomic mass is 16.3. The van der Waals surface area contributed by atoms with Crippen LogP contribution in [-0.4, -0.2) is 47.8 Å². The third kappa shape index (κ3) is 4.22. The minimum atomic E-state index is -0.0793. The molecule has 106 valence electrons. The van der Waals surface area contributed by atoms with Crippen molar-refractivity contribution in [3.8, 4) is 0 Å². The van der Waals surface area contributed by atoms with Gasteiger partial charge in [0.25, 0.3) is 0 Å². The van der Waals surface area contributed by atoms with Gasteiger partial charge in [-0.05, 0) is 52.6 Å². The molecule has 0 aromatic heterocycles. The Kier molecular flexibility index (Phi) is 5.05. The minimum Gasteiger partial charge on any atom is -0.394 e. The van der Waals surface area contributed by atoms with Crippen LogP contribution >= 0.6 is 0 Å². The number of rotatable bonds is 7. The summed E-state index contributed by atoms with van der Waals surface area (Å²) in [4.78, 5) is 2.52. The van der Waals surface area contributed by atoms with Crippen molar-refractivity contribution in [2.45, 2.75) is 75.9 Å². The van der Waals surface area contributed by atoms with Crippen LogP contribution in [0.3, 0.4) is 0 Å². The molecule has 0 amide bonds. The Balaban J connectivity index is 1.73. The topological polar surface area (TPSA) is 35.5 Å². The van der Waals surface area contributed by atoms with E-state index in [4.69, 9.17) is 0 Å². The van der Waals surface area contributed by atoms with Gasteiger partial charge < -0.3 is 15.3 Å². The molecule has 3 heteroatoms. The third-order valence-corrected chi connectivity index (χ3v) is 4.69. The zero-order chi connectivity index (χ0) is 13.0. The van der Waals surface area contributed by atoms with Crippen molar-refractivity contribution in [2.24, 2.45) is 0 Å². The molecule has 2 fully saturated rings. The molecule has 0 heterocycles. The molecule has 0 radical (unpaired) electrons. The van der Waals surface area contributed by atoms with E-state index in [2.05, 4.69) is 24.2 Å². The molecular weight excluding hydrogens is 224 g/mol. The molecule has 2 saturated carbocycles. The Hall–Kier alpha value is -0.120. The summed E-state index contributed by atoms with van der Waals surface area (Å²) in [7, 11) is 2.25. The van der Waals surface area contributed by atoms with Gasteiger partial charge in [-0.3, -0.25) is 0 Å². The fourth-order valence-corrected chi connectivity index (χ4v) is 3.04. The van der Waals surface area contributed by atoms with E-state index in [1.54, 1.807) is 0 Å². The van der Waals surface area contributed by atoms with Crippen molar-refractivity contribution in [1.82, 2.24) is 10.2 Å². The molecule has 0 bridgehead atoms. The Morgan fingerprint density at radius 3 is 2.39 bits per heavy atom. The maximum Gasteiger partial charge on any atom is 0.0611 e. The zero-order valence-electron chi connectivity index (χ0n) is 12.1. The summed E-state index contributed by atoms with van der Waals surface area (Å²) in [5, 5.41) is 13.2. The lowest BCUT2D eigenvalue weighted by molar-refractivity contribution is 0.128. The monoisotopic (exact) mass is 254 g/mol. The number of hydrogen-bond donors (Lipinski definition) is 2. The lowest BCUT2D eigenvalue weighted by atomic mass is 9.93. The van der Waals surface area contributed by atoms with E-state index in [9.17, 15) is 5.11 Å². The average molecular weight is 254 g/mol. The van der Waals surface area contributed by atoms with Gasteiger partial charge in [0.2, 0.25) is 0 Å². The number of hydrogen-bond acceptors (Lipinski definition) is 3. The van der Waals surface area contributed by atoms with Gasteiger partial charge in [0.15, 0.2) is 0 Å². The van der Waals surface area contributed by atoms with Gasteiger partial charge in [-0.1, -0.05) is 19.3 Å². The number of aliphatic hydroxyl groups is 1. The summed E-state index contributed by atoms with van der Waals surface area (Å²) in [5.41, 5.74) is -0.0793. The summed E-state index contributed by atoms with van der Waals surface area (Å²) in [6.07, 6.45) is 10.6. The Bertz CT molecular complexity index is 249. The first-order valence-electron chi connectivity index (χ1n) is 7.72. The second kappa shape index (κ2) is 6.36. The highest BCUT2D eigenvalue weighted by molar-refractivity contribution is 4.93. The second-order valence-electron chi connectivity index (χ2n) is 6.66. The Morgan fingerprint density at radius 1 is 1.17 bits per heavy atom. The molecule has 18 heavy (non-hydrogen) atoms. The molecule has 0 aromatic carbocycles. The summed E-state index contributed by atoms with van der Waals surface area (Å²) in [6.45, 7) is 3.52. The van der Waals surface area contributed by atoms with E-state index in [1.165, 1.54) is 44.9 Å². The number of nitrogens with zero attached hydrogens (tertiary/aromatic N) is 1. The van der Waals surface area contributed by atoms with Crippen molar-refractivity contribution in [1.29, 1.82) is 0 Å².